The third kappa shape index (κ3) is 4.13. The Hall–Kier alpha value is -2.93. The molecule has 3 N–H and O–H groups in total. The molecule has 0 radical (unpaired) electrons. The maximum Gasteiger partial charge on any atom is 0.321 e. The zero-order chi connectivity index (χ0) is 17.6. The standard InChI is InChI=1S/C18H18N4O2S/c1-2-19-16(23)15-11-25-18(21-15)22-17(24)20-10-13-8-5-7-12-6-3-4-9-14(12)13/h3-9,11H,2,10H2,1H3,(H,19,23)(H2,20,21,22,24). The first-order chi connectivity index (χ1) is 12.2. The van der Waals surface area contributed by atoms with Gasteiger partial charge in [0.1, 0.15) is 5.69 Å². The molecule has 0 saturated heterocycles. The fourth-order valence-corrected chi connectivity index (χ4v) is 3.14. The van der Waals surface area contributed by atoms with Gasteiger partial charge in [0.15, 0.2) is 5.13 Å². The number of carbonyl (C=O) groups excluding carboxylic acids is 2. The number of thiazole rings is 1. The molecule has 0 saturated carbocycles. The average Bonchev–Trinajstić information content (AvgIpc) is 3.08. The molecule has 6 nitrogen and oxygen atoms in total. The Labute approximate surface area is 149 Å². The third-order valence-corrected chi connectivity index (χ3v) is 4.37. The summed E-state index contributed by atoms with van der Waals surface area (Å²) in [5.41, 5.74) is 1.34. The Bertz CT molecular complexity index is 901. The molecule has 0 fully saturated rings. The smallest absolute Gasteiger partial charge is 0.321 e. The van der Waals surface area contributed by atoms with E-state index in [1.165, 1.54) is 11.3 Å². The highest BCUT2D eigenvalue weighted by molar-refractivity contribution is 7.14. The maximum absolute atomic E-state index is 12.1. The van der Waals surface area contributed by atoms with Gasteiger partial charge >= 0.3 is 6.03 Å². The molecule has 0 aliphatic carbocycles. The van der Waals surface area contributed by atoms with Crippen LogP contribution in [-0.4, -0.2) is 23.5 Å². The largest absolute Gasteiger partial charge is 0.351 e. The molecule has 3 aromatic rings. The van der Waals surface area contributed by atoms with Crippen LogP contribution in [0.3, 0.4) is 0 Å². The van der Waals surface area contributed by atoms with Gasteiger partial charge in [-0.05, 0) is 23.3 Å². The Morgan fingerprint density at radius 1 is 1.08 bits per heavy atom. The van der Waals surface area contributed by atoms with Crippen molar-refractivity contribution < 1.29 is 9.59 Å². The van der Waals surface area contributed by atoms with Crippen molar-refractivity contribution in [1.82, 2.24) is 15.6 Å². The minimum absolute atomic E-state index is 0.247. The number of anilines is 1. The first-order valence-corrected chi connectivity index (χ1v) is 8.80. The van der Waals surface area contributed by atoms with Crippen molar-refractivity contribution in [2.24, 2.45) is 0 Å². The normalized spacial score (nSPS) is 10.4. The van der Waals surface area contributed by atoms with Gasteiger partial charge < -0.3 is 10.6 Å². The fraction of sp³-hybridized carbons (Fsp3) is 0.167. The molecular weight excluding hydrogens is 336 g/mol. The number of urea groups is 1. The summed E-state index contributed by atoms with van der Waals surface area (Å²) in [7, 11) is 0. The van der Waals surface area contributed by atoms with E-state index < -0.39 is 0 Å². The van der Waals surface area contributed by atoms with Gasteiger partial charge in [0.05, 0.1) is 0 Å². The van der Waals surface area contributed by atoms with Gasteiger partial charge in [-0.3, -0.25) is 10.1 Å². The minimum atomic E-state index is -0.357. The SMILES string of the molecule is CCNC(=O)c1csc(NC(=O)NCc2cccc3ccccc23)n1. The summed E-state index contributed by atoms with van der Waals surface area (Å²) in [5.74, 6) is -0.247. The predicted molar refractivity (Wildman–Crippen MR) is 99.9 cm³/mol. The first kappa shape index (κ1) is 16.9. The Kier molecular flexibility index (Phi) is 5.25. The zero-order valence-corrected chi connectivity index (χ0v) is 14.5. The van der Waals surface area contributed by atoms with Crippen LogP contribution in [0.5, 0.6) is 0 Å². The quantitative estimate of drug-likeness (QED) is 0.657. The van der Waals surface area contributed by atoms with E-state index in [-0.39, 0.29) is 11.9 Å². The van der Waals surface area contributed by atoms with Crippen LogP contribution in [0.1, 0.15) is 23.0 Å². The molecule has 0 bridgehead atoms. The fourth-order valence-electron chi connectivity index (χ4n) is 2.45. The lowest BCUT2D eigenvalue weighted by Gasteiger charge is -2.08. The lowest BCUT2D eigenvalue weighted by atomic mass is 10.0. The summed E-state index contributed by atoms with van der Waals surface area (Å²) in [6.45, 7) is 2.77. The summed E-state index contributed by atoms with van der Waals surface area (Å²) in [4.78, 5) is 27.9. The number of nitrogens with one attached hydrogen (secondary N) is 3. The van der Waals surface area contributed by atoms with E-state index in [0.29, 0.717) is 23.9 Å². The number of nitrogens with zero attached hydrogens (tertiary/aromatic N) is 1. The average molecular weight is 354 g/mol. The Morgan fingerprint density at radius 2 is 1.88 bits per heavy atom. The molecule has 0 aliphatic rings. The van der Waals surface area contributed by atoms with Crippen molar-refractivity contribution in [1.29, 1.82) is 0 Å². The van der Waals surface area contributed by atoms with Crippen molar-refractivity contribution >= 4 is 39.2 Å². The van der Waals surface area contributed by atoms with Crippen LogP contribution in [0.25, 0.3) is 10.8 Å². The van der Waals surface area contributed by atoms with Crippen molar-refractivity contribution in [3.05, 3.63) is 59.1 Å². The second-order valence-corrected chi connectivity index (χ2v) is 6.20. The zero-order valence-electron chi connectivity index (χ0n) is 13.7. The molecule has 128 valence electrons. The van der Waals surface area contributed by atoms with E-state index in [1.54, 1.807) is 5.38 Å². The molecule has 0 spiro atoms. The van der Waals surface area contributed by atoms with Crippen LogP contribution in [0.2, 0.25) is 0 Å². The van der Waals surface area contributed by atoms with E-state index in [4.69, 9.17) is 0 Å². The van der Waals surface area contributed by atoms with E-state index in [9.17, 15) is 9.59 Å². The number of hydrogen-bond acceptors (Lipinski definition) is 4. The summed E-state index contributed by atoms with van der Waals surface area (Å²) < 4.78 is 0. The summed E-state index contributed by atoms with van der Waals surface area (Å²) in [6, 6.07) is 13.7. The van der Waals surface area contributed by atoms with Crippen LogP contribution >= 0.6 is 11.3 Å². The number of fused-ring (bicyclic) bond motifs is 1. The van der Waals surface area contributed by atoms with Crippen molar-refractivity contribution in [3.8, 4) is 0 Å². The molecule has 2 aromatic carbocycles. The second-order valence-electron chi connectivity index (χ2n) is 5.34. The molecule has 1 aromatic heterocycles. The van der Waals surface area contributed by atoms with Crippen LogP contribution in [-0.2, 0) is 6.54 Å². The molecule has 7 heteroatoms. The summed E-state index contributed by atoms with van der Waals surface area (Å²) in [5, 5.41) is 12.4. The highest BCUT2D eigenvalue weighted by atomic mass is 32.1. The van der Waals surface area contributed by atoms with Gasteiger partial charge in [-0.2, -0.15) is 0 Å². The van der Waals surface area contributed by atoms with Gasteiger partial charge in [-0.15, -0.1) is 11.3 Å². The number of aromatic nitrogens is 1. The van der Waals surface area contributed by atoms with Gasteiger partial charge in [-0.1, -0.05) is 42.5 Å². The lowest BCUT2D eigenvalue weighted by molar-refractivity contribution is 0.0951. The first-order valence-electron chi connectivity index (χ1n) is 7.92. The van der Waals surface area contributed by atoms with Crippen LogP contribution < -0.4 is 16.0 Å². The Morgan fingerprint density at radius 3 is 2.72 bits per heavy atom. The van der Waals surface area contributed by atoms with E-state index >= 15 is 0 Å². The van der Waals surface area contributed by atoms with Crippen molar-refractivity contribution in [2.75, 3.05) is 11.9 Å². The highest BCUT2D eigenvalue weighted by Gasteiger charge is 2.11. The highest BCUT2D eigenvalue weighted by Crippen LogP contribution is 2.18. The molecule has 3 amide bonds. The minimum Gasteiger partial charge on any atom is -0.351 e. The van der Waals surface area contributed by atoms with Gasteiger partial charge in [0.25, 0.3) is 5.91 Å². The maximum atomic E-state index is 12.1. The van der Waals surface area contributed by atoms with Gasteiger partial charge in [0.2, 0.25) is 0 Å². The molecule has 3 rings (SSSR count). The molecule has 0 atom stereocenters. The summed E-state index contributed by atoms with van der Waals surface area (Å²) >= 11 is 1.21. The van der Waals surface area contributed by atoms with E-state index in [2.05, 4.69) is 20.9 Å². The van der Waals surface area contributed by atoms with E-state index in [0.717, 1.165) is 16.3 Å². The van der Waals surface area contributed by atoms with Crippen LogP contribution in [0.4, 0.5) is 9.93 Å². The van der Waals surface area contributed by atoms with Crippen LogP contribution in [0, 0.1) is 0 Å². The van der Waals surface area contributed by atoms with Crippen molar-refractivity contribution in [3.63, 3.8) is 0 Å². The molecule has 0 aliphatic heterocycles. The lowest BCUT2D eigenvalue weighted by Crippen LogP contribution is -2.28. The topological polar surface area (TPSA) is 83.1 Å². The predicted octanol–water partition coefficient (Wildman–Crippen LogP) is 3.37. The van der Waals surface area contributed by atoms with Gasteiger partial charge in [0, 0.05) is 18.5 Å². The molecular formula is C18H18N4O2S. The third-order valence-electron chi connectivity index (χ3n) is 3.61. The molecule has 1 heterocycles. The summed E-state index contributed by atoms with van der Waals surface area (Å²) in [6.07, 6.45) is 0. The second kappa shape index (κ2) is 7.76. The van der Waals surface area contributed by atoms with E-state index in [1.807, 2.05) is 49.4 Å². The molecule has 25 heavy (non-hydrogen) atoms. The Balaban J connectivity index is 1.60. The number of benzene rings is 2. The number of carbonyl (C=O) groups is 2. The van der Waals surface area contributed by atoms with Crippen LogP contribution in [0.15, 0.2) is 47.8 Å². The van der Waals surface area contributed by atoms with Gasteiger partial charge in [-0.25, -0.2) is 9.78 Å². The monoisotopic (exact) mass is 354 g/mol. The van der Waals surface area contributed by atoms with Crippen molar-refractivity contribution in [2.45, 2.75) is 13.5 Å². The molecule has 0 unspecified atom stereocenters. The number of rotatable bonds is 5. The number of hydrogen-bond donors (Lipinski definition) is 3. The number of amides is 3.